The van der Waals surface area contributed by atoms with Crippen LogP contribution in [0.25, 0.3) is 0 Å². The third kappa shape index (κ3) is 6.96. The number of amides is 1. The number of nitrogens with zero attached hydrogens (tertiary/aromatic N) is 1. The van der Waals surface area contributed by atoms with E-state index in [4.69, 9.17) is 14.9 Å². The predicted octanol–water partition coefficient (Wildman–Crippen LogP) is -3.03. The zero-order valence-electron chi connectivity index (χ0n) is 13.4. The lowest BCUT2D eigenvalue weighted by atomic mass is 10.0. The van der Waals surface area contributed by atoms with Gasteiger partial charge >= 0.3 is 6.09 Å². The van der Waals surface area contributed by atoms with Crippen molar-refractivity contribution in [3.8, 4) is 0 Å². The van der Waals surface area contributed by atoms with E-state index in [1.54, 1.807) is 20.8 Å². The fourth-order valence-corrected chi connectivity index (χ4v) is 1.66. The summed E-state index contributed by atoms with van der Waals surface area (Å²) in [6.07, 6.45) is -10.9. The predicted molar refractivity (Wildman–Crippen MR) is 77.1 cm³/mol. The monoisotopic (exact) mass is 341 g/mol. The third-order valence-electron chi connectivity index (χ3n) is 2.87. The highest BCUT2D eigenvalue weighted by molar-refractivity contribution is 5.68. The molecule has 0 fully saturated rings. The molecule has 0 aliphatic rings. The molecule has 0 aromatic carbocycles. The molecule has 0 aliphatic heterocycles. The topological polar surface area (TPSA) is 171 Å². The van der Waals surface area contributed by atoms with E-state index in [1.165, 1.54) is 0 Å². The Morgan fingerprint density at radius 1 is 1.00 bits per heavy atom. The first-order valence-electron chi connectivity index (χ1n) is 7.08. The van der Waals surface area contributed by atoms with Crippen molar-refractivity contribution in [2.45, 2.75) is 57.0 Å². The van der Waals surface area contributed by atoms with Gasteiger partial charge in [0, 0.05) is 6.54 Å². The highest BCUT2D eigenvalue weighted by Crippen LogP contribution is 2.15. The summed E-state index contributed by atoms with van der Waals surface area (Å²) in [5.41, 5.74) is -0.902. The molecular formula is C13H27NO9. The smallest absolute Gasteiger partial charge is 0.412 e. The molecule has 0 aromatic heterocycles. The van der Waals surface area contributed by atoms with Crippen molar-refractivity contribution in [1.82, 2.24) is 4.90 Å². The molecule has 138 valence electrons. The molecule has 1 amide bonds. The van der Waals surface area contributed by atoms with E-state index in [1.807, 2.05) is 0 Å². The van der Waals surface area contributed by atoms with Gasteiger partial charge in [-0.15, -0.1) is 0 Å². The summed E-state index contributed by atoms with van der Waals surface area (Å²) in [6, 6.07) is 0. The molecule has 5 atom stereocenters. The van der Waals surface area contributed by atoms with Gasteiger partial charge in [0.05, 0.1) is 13.2 Å². The number of aliphatic hydroxyl groups is 7. The summed E-state index contributed by atoms with van der Waals surface area (Å²) in [5.74, 6) is 0. The number of hydrogen-bond acceptors (Lipinski definition) is 9. The first-order chi connectivity index (χ1) is 10.5. The quantitative estimate of drug-likeness (QED) is 0.227. The molecule has 0 saturated carbocycles. The van der Waals surface area contributed by atoms with Crippen LogP contribution in [0.15, 0.2) is 0 Å². The number of aliphatic hydroxyl groups excluding tert-OH is 7. The number of ether oxygens (including phenoxy) is 1. The molecule has 10 heteroatoms. The number of rotatable bonds is 8. The fourth-order valence-electron chi connectivity index (χ4n) is 1.66. The van der Waals surface area contributed by atoms with Gasteiger partial charge in [-0.05, 0) is 20.8 Å². The van der Waals surface area contributed by atoms with Gasteiger partial charge in [-0.1, -0.05) is 0 Å². The Balaban J connectivity index is 5.07. The summed E-state index contributed by atoms with van der Waals surface area (Å²) in [5, 5.41) is 66.0. The Bertz CT molecular complexity index is 360. The summed E-state index contributed by atoms with van der Waals surface area (Å²) >= 11 is 0. The Labute approximate surface area is 134 Å². The second-order valence-corrected chi connectivity index (χ2v) is 6.03. The lowest BCUT2D eigenvalue weighted by Crippen LogP contribution is -2.57. The highest BCUT2D eigenvalue weighted by Gasteiger charge is 2.39. The average Bonchev–Trinajstić information content (AvgIpc) is 2.46. The second-order valence-electron chi connectivity index (χ2n) is 6.03. The highest BCUT2D eigenvalue weighted by atomic mass is 16.6. The molecule has 0 bridgehead atoms. The van der Waals surface area contributed by atoms with Crippen molar-refractivity contribution in [1.29, 1.82) is 0 Å². The van der Waals surface area contributed by atoms with Gasteiger partial charge in [0.1, 0.15) is 30.0 Å². The van der Waals surface area contributed by atoms with Gasteiger partial charge in [0.15, 0.2) is 6.23 Å². The van der Waals surface area contributed by atoms with Crippen molar-refractivity contribution < 1.29 is 45.3 Å². The van der Waals surface area contributed by atoms with E-state index < -0.39 is 62.1 Å². The molecule has 0 aromatic rings. The van der Waals surface area contributed by atoms with Gasteiger partial charge in [0.2, 0.25) is 0 Å². The standard InChI is InChI=1S/C13H27NO9/c1-13(2,3)23-12(22)14(4-5-15)11(21)10(20)9(19)8(18)7(17)6-16/h7-11,15-21H,4-6H2,1-3H3/t7-,8-,9+,10-,11?/m1/s1. The van der Waals surface area contributed by atoms with Crippen LogP contribution in [0.3, 0.4) is 0 Å². The molecule has 7 N–H and O–H groups in total. The normalized spacial score (nSPS) is 18.7. The van der Waals surface area contributed by atoms with E-state index in [0.29, 0.717) is 4.90 Å². The van der Waals surface area contributed by atoms with E-state index in [9.17, 15) is 30.3 Å². The first-order valence-corrected chi connectivity index (χ1v) is 7.08. The van der Waals surface area contributed by atoms with Gasteiger partial charge in [-0.25, -0.2) is 4.79 Å². The zero-order valence-corrected chi connectivity index (χ0v) is 13.4. The Hall–Kier alpha value is -1.01. The van der Waals surface area contributed by atoms with Crippen molar-refractivity contribution in [2.75, 3.05) is 19.8 Å². The molecule has 0 saturated heterocycles. The van der Waals surface area contributed by atoms with E-state index >= 15 is 0 Å². The number of carbonyl (C=O) groups excluding carboxylic acids is 1. The van der Waals surface area contributed by atoms with Crippen LogP contribution < -0.4 is 0 Å². The molecule has 23 heavy (non-hydrogen) atoms. The van der Waals surface area contributed by atoms with Crippen LogP contribution in [0.4, 0.5) is 4.79 Å². The summed E-state index contributed by atoms with van der Waals surface area (Å²) < 4.78 is 5.00. The molecule has 10 nitrogen and oxygen atoms in total. The minimum absolute atomic E-state index is 0.404. The summed E-state index contributed by atoms with van der Waals surface area (Å²) in [4.78, 5) is 12.5. The molecule has 1 unspecified atom stereocenters. The van der Waals surface area contributed by atoms with Crippen LogP contribution in [0.2, 0.25) is 0 Å². The van der Waals surface area contributed by atoms with Crippen molar-refractivity contribution in [3.63, 3.8) is 0 Å². The van der Waals surface area contributed by atoms with Crippen molar-refractivity contribution >= 4 is 6.09 Å². The Morgan fingerprint density at radius 2 is 1.52 bits per heavy atom. The number of carbonyl (C=O) groups is 1. The molecule has 0 spiro atoms. The van der Waals surface area contributed by atoms with Crippen LogP contribution in [-0.4, -0.2) is 103 Å². The molecular weight excluding hydrogens is 314 g/mol. The van der Waals surface area contributed by atoms with Crippen LogP contribution in [0.5, 0.6) is 0 Å². The minimum Gasteiger partial charge on any atom is -0.444 e. The first kappa shape index (κ1) is 22.0. The zero-order chi connectivity index (χ0) is 18.4. The maximum absolute atomic E-state index is 12.0. The Kier molecular flexibility index (Phi) is 8.92. The average molecular weight is 341 g/mol. The number of hydrogen-bond donors (Lipinski definition) is 7. The third-order valence-corrected chi connectivity index (χ3v) is 2.87. The molecule has 0 radical (unpaired) electrons. The minimum atomic E-state index is -2.08. The van der Waals surface area contributed by atoms with Gasteiger partial charge in [0.25, 0.3) is 0 Å². The largest absolute Gasteiger partial charge is 0.444 e. The summed E-state index contributed by atoms with van der Waals surface area (Å²) in [6.45, 7) is 2.87. The van der Waals surface area contributed by atoms with Crippen LogP contribution in [-0.2, 0) is 4.74 Å². The van der Waals surface area contributed by atoms with Crippen LogP contribution in [0.1, 0.15) is 20.8 Å². The van der Waals surface area contributed by atoms with Crippen molar-refractivity contribution in [3.05, 3.63) is 0 Å². The van der Waals surface area contributed by atoms with Gasteiger partial charge < -0.3 is 40.5 Å². The van der Waals surface area contributed by atoms with Gasteiger partial charge in [-0.3, -0.25) is 4.90 Å². The maximum Gasteiger partial charge on any atom is 0.412 e. The second kappa shape index (κ2) is 9.33. The fraction of sp³-hybridized carbons (Fsp3) is 0.923. The molecule has 0 rings (SSSR count). The Morgan fingerprint density at radius 3 is 1.91 bits per heavy atom. The SMILES string of the molecule is CC(C)(C)OC(=O)N(CCO)C(O)[C@H](O)[C@@H](O)[C@H](O)[C@H](O)CO. The maximum atomic E-state index is 12.0. The summed E-state index contributed by atoms with van der Waals surface area (Å²) in [7, 11) is 0. The lowest BCUT2D eigenvalue weighted by molar-refractivity contribution is -0.168. The van der Waals surface area contributed by atoms with E-state index in [2.05, 4.69) is 0 Å². The molecule has 0 aliphatic carbocycles. The van der Waals surface area contributed by atoms with Crippen LogP contribution >= 0.6 is 0 Å². The van der Waals surface area contributed by atoms with E-state index in [0.717, 1.165) is 0 Å². The lowest BCUT2D eigenvalue weighted by Gasteiger charge is -2.35. The van der Waals surface area contributed by atoms with Gasteiger partial charge in [-0.2, -0.15) is 0 Å². The molecule has 0 heterocycles. The van der Waals surface area contributed by atoms with Crippen molar-refractivity contribution in [2.24, 2.45) is 0 Å². The van der Waals surface area contributed by atoms with E-state index in [-0.39, 0.29) is 0 Å². The van der Waals surface area contributed by atoms with Crippen LogP contribution in [0, 0.1) is 0 Å².